The van der Waals surface area contributed by atoms with E-state index in [2.05, 4.69) is 62.3 Å². The number of carbonyl (C=O) groups is 1. The normalized spacial score (nSPS) is 16.3. The molecule has 20 heavy (non-hydrogen) atoms. The van der Waals surface area contributed by atoms with Gasteiger partial charge in [0.1, 0.15) is 0 Å². The number of benzene rings is 1. The molecule has 0 bridgehead atoms. The molecule has 3 nitrogen and oxygen atoms in total. The van der Waals surface area contributed by atoms with Gasteiger partial charge < -0.3 is 5.32 Å². The molecule has 0 radical (unpaired) electrons. The highest BCUT2D eigenvalue weighted by Gasteiger charge is 2.20. The zero-order chi connectivity index (χ0) is 14.4. The van der Waals surface area contributed by atoms with Gasteiger partial charge in [0.2, 0.25) is 0 Å². The predicted octanol–water partition coefficient (Wildman–Crippen LogP) is 2.55. The van der Waals surface area contributed by atoms with Crippen LogP contribution < -0.4 is 5.32 Å². The number of rotatable bonds is 3. The number of likely N-dealkylation sites (tertiary alicyclic amines) is 1. The molecule has 1 fully saturated rings. The van der Waals surface area contributed by atoms with Gasteiger partial charge in [0.15, 0.2) is 0 Å². The lowest BCUT2D eigenvalue weighted by atomic mass is 10.0. The van der Waals surface area contributed by atoms with E-state index in [0.717, 1.165) is 36.9 Å². The average Bonchev–Trinajstić information content (AvgIpc) is 2.44. The van der Waals surface area contributed by atoms with Crippen LogP contribution in [0.1, 0.15) is 25.3 Å². The Labute approximate surface area is 128 Å². The predicted molar refractivity (Wildman–Crippen MR) is 84.0 cm³/mol. The van der Waals surface area contributed by atoms with Crippen molar-refractivity contribution in [3.8, 4) is 11.8 Å². The molecule has 2 rings (SSSR count). The molecule has 1 amide bonds. The van der Waals surface area contributed by atoms with Crippen LogP contribution in [0.15, 0.2) is 28.7 Å². The maximum Gasteiger partial charge on any atom is 0.296 e. The molecule has 1 aromatic rings. The van der Waals surface area contributed by atoms with Crippen LogP contribution in [0.4, 0.5) is 0 Å². The second kappa shape index (κ2) is 7.47. The van der Waals surface area contributed by atoms with Gasteiger partial charge >= 0.3 is 0 Å². The van der Waals surface area contributed by atoms with Crippen LogP contribution in [0.3, 0.4) is 0 Å². The summed E-state index contributed by atoms with van der Waals surface area (Å²) >= 11 is 3.45. The van der Waals surface area contributed by atoms with Crippen molar-refractivity contribution in [1.29, 1.82) is 0 Å². The van der Waals surface area contributed by atoms with Crippen molar-refractivity contribution in [1.82, 2.24) is 10.2 Å². The van der Waals surface area contributed by atoms with Crippen molar-refractivity contribution in [2.75, 3.05) is 13.1 Å². The molecule has 4 heteroatoms. The van der Waals surface area contributed by atoms with Gasteiger partial charge in [-0.1, -0.05) is 34.0 Å². The van der Waals surface area contributed by atoms with E-state index in [4.69, 9.17) is 0 Å². The minimum atomic E-state index is -0.154. The quantitative estimate of drug-likeness (QED) is 0.861. The van der Waals surface area contributed by atoms with E-state index in [1.54, 1.807) is 6.92 Å². The van der Waals surface area contributed by atoms with Crippen molar-refractivity contribution in [3.63, 3.8) is 0 Å². The first kappa shape index (κ1) is 15.1. The van der Waals surface area contributed by atoms with Gasteiger partial charge in [-0.05, 0) is 43.4 Å². The third-order valence-corrected chi connectivity index (χ3v) is 4.01. The van der Waals surface area contributed by atoms with Crippen molar-refractivity contribution in [2.45, 2.75) is 32.4 Å². The molecule has 0 unspecified atom stereocenters. The van der Waals surface area contributed by atoms with Crippen LogP contribution in [0.5, 0.6) is 0 Å². The molecular weight excluding hydrogens is 316 g/mol. The second-order valence-corrected chi connectivity index (χ2v) is 5.94. The summed E-state index contributed by atoms with van der Waals surface area (Å²) in [5, 5.41) is 2.97. The van der Waals surface area contributed by atoms with Crippen molar-refractivity contribution < 1.29 is 4.79 Å². The van der Waals surface area contributed by atoms with E-state index in [9.17, 15) is 4.79 Å². The SMILES string of the molecule is CC#CC(=O)NC1CCN(Cc2ccc(Br)cc2)CC1. The van der Waals surface area contributed by atoms with E-state index < -0.39 is 0 Å². The summed E-state index contributed by atoms with van der Waals surface area (Å²) in [6.45, 7) is 4.68. The number of halogens is 1. The Hall–Kier alpha value is -1.31. The molecule has 0 spiro atoms. The van der Waals surface area contributed by atoms with Crippen LogP contribution in [-0.4, -0.2) is 29.9 Å². The smallest absolute Gasteiger partial charge is 0.296 e. The number of hydrogen-bond donors (Lipinski definition) is 1. The van der Waals surface area contributed by atoms with Crippen molar-refractivity contribution >= 4 is 21.8 Å². The molecule has 0 aromatic heterocycles. The summed E-state index contributed by atoms with van der Waals surface area (Å²) in [5.74, 6) is 5.00. The molecule has 1 heterocycles. The van der Waals surface area contributed by atoms with Gasteiger partial charge in [-0.25, -0.2) is 0 Å². The fourth-order valence-electron chi connectivity index (χ4n) is 2.42. The van der Waals surface area contributed by atoms with Gasteiger partial charge in [-0.3, -0.25) is 9.69 Å². The van der Waals surface area contributed by atoms with Crippen LogP contribution in [-0.2, 0) is 11.3 Å². The Balaban J connectivity index is 1.77. The average molecular weight is 335 g/mol. The Morgan fingerprint density at radius 2 is 2.00 bits per heavy atom. The highest BCUT2D eigenvalue weighted by atomic mass is 79.9. The van der Waals surface area contributed by atoms with Gasteiger partial charge in [0.05, 0.1) is 0 Å². The topological polar surface area (TPSA) is 32.3 Å². The lowest BCUT2D eigenvalue weighted by Gasteiger charge is -2.32. The van der Waals surface area contributed by atoms with Crippen LogP contribution in [0, 0.1) is 11.8 Å². The third-order valence-electron chi connectivity index (χ3n) is 3.48. The van der Waals surface area contributed by atoms with Gasteiger partial charge in [-0.15, -0.1) is 0 Å². The van der Waals surface area contributed by atoms with E-state index in [1.165, 1.54) is 5.56 Å². The lowest BCUT2D eigenvalue weighted by Crippen LogP contribution is -2.44. The molecule has 1 aliphatic heterocycles. The zero-order valence-electron chi connectivity index (χ0n) is 11.7. The maximum atomic E-state index is 11.4. The van der Waals surface area contributed by atoms with Gasteiger partial charge in [0.25, 0.3) is 5.91 Å². The minimum absolute atomic E-state index is 0.154. The summed E-state index contributed by atoms with van der Waals surface area (Å²) in [5.41, 5.74) is 1.33. The number of nitrogens with zero attached hydrogens (tertiary/aromatic N) is 1. The molecular formula is C16H19BrN2O. The third kappa shape index (κ3) is 4.66. The number of nitrogens with one attached hydrogen (secondary N) is 1. The van der Waals surface area contributed by atoms with E-state index >= 15 is 0 Å². The molecule has 0 aliphatic carbocycles. The van der Waals surface area contributed by atoms with E-state index in [-0.39, 0.29) is 11.9 Å². The maximum absolute atomic E-state index is 11.4. The highest BCUT2D eigenvalue weighted by Crippen LogP contribution is 2.16. The minimum Gasteiger partial charge on any atom is -0.342 e. The molecule has 0 saturated carbocycles. The first-order valence-electron chi connectivity index (χ1n) is 6.87. The van der Waals surface area contributed by atoms with Crippen LogP contribution >= 0.6 is 15.9 Å². The summed E-state index contributed by atoms with van der Waals surface area (Å²) in [6.07, 6.45) is 1.99. The lowest BCUT2D eigenvalue weighted by molar-refractivity contribution is -0.116. The Morgan fingerprint density at radius 1 is 1.35 bits per heavy atom. The molecule has 1 aliphatic rings. The Kier molecular flexibility index (Phi) is 5.63. The van der Waals surface area contributed by atoms with E-state index in [0.29, 0.717) is 0 Å². The largest absolute Gasteiger partial charge is 0.342 e. The van der Waals surface area contributed by atoms with Gasteiger partial charge in [0, 0.05) is 30.1 Å². The van der Waals surface area contributed by atoms with Crippen LogP contribution in [0.25, 0.3) is 0 Å². The summed E-state index contributed by atoms with van der Waals surface area (Å²) < 4.78 is 1.11. The molecule has 1 N–H and O–H groups in total. The molecule has 1 saturated heterocycles. The number of hydrogen-bond acceptors (Lipinski definition) is 2. The van der Waals surface area contributed by atoms with Crippen molar-refractivity contribution in [2.24, 2.45) is 0 Å². The standard InChI is InChI=1S/C16H19BrN2O/c1-2-3-16(20)18-15-8-10-19(11-9-15)12-13-4-6-14(17)7-5-13/h4-7,15H,8-12H2,1H3,(H,18,20). The first-order valence-corrected chi connectivity index (χ1v) is 7.66. The molecule has 1 aromatic carbocycles. The zero-order valence-corrected chi connectivity index (χ0v) is 13.2. The fourth-order valence-corrected chi connectivity index (χ4v) is 2.68. The summed E-state index contributed by atoms with van der Waals surface area (Å²) in [6, 6.07) is 8.71. The number of carbonyl (C=O) groups excluding carboxylic acids is 1. The van der Waals surface area contributed by atoms with Crippen LogP contribution in [0.2, 0.25) is 0 Å². The van der Waals surface area contributed by atoms with Crippen molar-refractivity contribution in [3.05, 3.63) is 34.3 Å². The monoisotopic (exact) mass is 334 g/mol. The Bertz CT molecular complexity index is 508. The number of amides is 1. The molecule has 106 valence electrons. The first-order chi connectivity index (χ1) is 9.67. The Morgan fingerprint density at radius 3 is 2.60 bits per heavy atom. The summed E-state index contributed by atoms with van der Waals surface area (Å²) in [4.78, 5) is 13.8. The molecule has 0 atom stereocenters. The fraction of sp³-hybridized carbons (Fsp3) is 0.438. The van der Waals surface area contributed by atoms with E-state index in [1.807, 2.05) is 0 Å². The summed E-state index contributed by atoms with van der Waals surface area (Å²) in [7, 11) is 0. The van der Waals surface area contributed by atoms with Gasteiger partial charge in [-0.2, -0.15) is 0 Å². The number of piperidine rings is 1. The second-order valence-electron chi connectivity index (χ2n) is 5.03. The highest BCUT2D eigenvalue weighted by molar-refractivity contribution is 9.10.